The van der Waals surface area contributed by atoms with Crippen molar-refractivity contribution in [2.75, 3.05) is 87.4 Å². The lowest BCUT2D eigenvalue weighted by atomic mass is 9.90. The van der Waals surface area contributed by atoms with Gasteiger partial charge in [-0.1, -0.05) is 53.5 Å². The predicted octanol–water partition coefficient (Wildman–Crippen LogP) is 8.71. The smallest absolute Gasteiger partial charge is 0.289 e. The molecule has 6 N–H and O–H groups in total. The number of likely N-dealkylation sites (N-methyl/N-ethyl adjacent to an activating group) is 2. The zero-order valence-corrected chi connectivity index (χ0v) is 49.7. The number of anilines is 4. The number of nitrogen functional groups attached to an aromatic ring is 2. The fraction of sp³-hybridized carbons (Fsp3) is 0.393. The molecule has 12 rings (SSSR count). The van der Waals surface area contributed by atoms with E-state index in [1.165, 1.54) is 67.3 Å². The molecule has 0 spiro atoms. The fourth-order valence-electron chi connectivity index (χ4n) is 12.1. The van der Waals surface area contributed by atoms with Crippen molar-refractivity contribution in [1.82, 2.24) is 59.1 Å². The third-order valence-electron chi connectivity index (χ3n) is 16.7. The summed E-state index contributed by atoms with van der Waals surface area (Å²) in [5.74, 6) is -1.24. The van der Waals surface area contributed by atoms with Gasteiger partial charge in [0.2, 0.25) is 0 Å². The monoisotopic (exact) mass is 1240 g/mol. The Hall–Kier alpha value is -7.24. The van der Waals surface area contributed by atoms with Gasteiger partial charge in [0.05, 0.1) is 49.2 Å². The van der Waals surface area contributed by atoms with Crippen LogP contribution in [0.3, 0.4) is 0 Å². The molecule has 8 aromatic rings. The van der Waals surface area contributed by atoms with Crippen molar-refractivity contribution in [2.24, 2.45) is 0 Å². The molecule has 2 aliphatic heterocycles. The Balaban J connectivity index is 0.000000177. The summed E-state index contributed by atoms with van der Waals surface area (Å²) in [6.45, 7) is 8.66. The highest BCUT2D eigenvalue weighted by Crippen LogP contribution is 2.41. The van der Waals surface area contributed by atoms with Crippen LogP contribution in [0.4, 0.5) is 37.5 Å². The first-order valence-corrected chi connectivity index (χ1v) is 31.6. The Labute approximate surface area is 499 Å². The lowest BCUT2D eigenvalue weighted by molar-refractivity contribution is -0.387. The summed E-state index contributed by atoms with van der Waals surface area (Å²) in [5, 5.41) is 22.0. The minimum atomic E-state index is -4.45. The highest BCUT2D eigenvalue weighted by Gasteiger charge is 2.34. The number of hydrogen-bond acceptors (Lipinski definition) is 18. The van der Waals surface area contributed by atoms with Crippen LogP contribution < -0.4 is 20.9 Å². The third kappa shape index (κ3) is 12.4. The molecule has 2 saturated heterocycles. The van der Waals surface area contributed by atoms with Crippen LogP contribution in [0.15, 0.2) is 101 Å². The summed E-state index contributed by atoms with van der Waals surface area (Å²) < 4.78 is 90.8. The molecular formula is C56H63Cl2F2N17O6S2. The van der Waals surface area contributed by atoms with Crippen LogP contribution in [0.1, 0.15) is 63.5 Å². The topological polar surface area (TPSA) is 288 Å². The van der Waals surface area contributed by atoms with E-state index in [1.54, 1.807) is 6.07 Å². The van der Waals surface area contributed by atoms with Crippen LogP contribution in [-0.4, -0.2) is 159 Å². The van der Waals surface area contributed by atoms with E-state index >= 15 is 8.78 Å². The molecule has 0 amide bonds. The van der Waals surface area contributed by atoms with Crippen molar-refractivity contribution in [3.05, 3.63) is 123 Å². The second-order valence-corrected chi connectivity index (χ2v) is 26.1. The lowest BCUT2D eigenvalue weighted by Gasteiger charge is -2.41. The summed E-state index contributed by atoms with van der Waals surface area (Å²) in [4.78, 5) is 36.8. The third-order valence-corrected chi connectivity index (χ3v) is 20.4. The number of halogens is 4. The predicted molar refractivity (Wildman–Crippen MR) is 322 cm³/mol. The zero-order valence-electron chi connectivity index (χ0n) is 46.5. The molecule has 4 aromatic heterocycles. The summed E-state index contributed by atoms with van der Waals surface area (Å²) in [7, 11) is -4.40. The van der Waals surface area contributed by atoms with E-state index in [4.69, 9.17) is 44.9 Å². The van der Waals surface area contributed by atoms with Gasteiger partial charge in [-0.15, -0.1) is 0 Å². The van der Waals surface area contributed by atoms with E-state index in [-0.39, 0.29) is 50.0 Å². The van der Waals surface area contributed by atoms with Crippen LogP contribution in [0.25, 0.3) is 44.6 Å². The molecule has 2 saturated carbocycles. The molecular weight excluding hydrogens is 1180 g/mol. The number of benzene rings is 4. The normalized spacial score (nSPS) is 20.5. The molecule has 29 heteroatoms. The van der Waals surface area contributed by atoms with E-state index < -0.39 is 47.2 Å². The van der Waals surface area contributed by atoms with Crippen LogP contribution in [0, 0.1) is 21.7 Å². The van der Waals surface area contributed by atoms with Gasteiger partial charge in [0.25, 0.3) is 25.7 Å². The van der Waals surface area contributed by atoms with Crippen molar-refractivity contribution in [1.29, 1.82) is 0 Å². The Morgan fingerprint density at radius 1 is 0.565 bits per heavy atom. The van der Waals surface area contributed by atoms with Gasteiger partial charge in [0.1, 0.15) is 52.2 Å². The molecule has 448 valence electrons. The van der Waals surface area contributed by atoms with E-state index in [0.29, 0.717) is 56.7 Å². The largest absolute Gasteiger partial charge is 0.383 e. The molecule has 6 heterocycles. The molecule has 4 fully saturated rings. The highest BCUT2D eigenvalue weighted by molar-refractivity contribution is 7.93. The maximum atomic E-state index is 15.4. The molecule has 23 nitrogen and oxygen atoms in total. The van der Waals surface area contributed by atoms with Gasteiger partial charge in [-0.05, 0) is 108 Å². The van der Waals surface area contributed by atoms with Crippen LogP contribution in [0.2, 0.25) is 10.0 Å². The molecule has 0 bridgehead atoms. The van der Waals surface area contributed by atoms with Gasteiger partial charge in [-0.2, -0.15) is 10.2 Å². The Morgan fingerprint density at radius 3 is 1.40 bits per heavy atom. The minimum absolute atomic E-state index is 0.0721. The van der Waals surface area contributed by atoms with Crippen molar-refractivity contribution in [3.8, 4) is 22.5 Å². The second-order valence-electron chi connectivity index (χ2n) is 22.0. The maximum absolute atomic E-state index is 15.4. The maximum Gasteiger partial charge on any atom is 0.289 e. The number of nitrogens with zero attached hydrogens (tertiary/aromatic N) is 13. The number of nitro benzene ring substituents is 1. The number of nitro groups is 1. The number of aromatic nitrogens is 8. The van der Waals surface area contributed by atoms with E-state index in [2.05, 4.69) is 63.1 Å². The van der Waals surface area contributed by atoms with Gasteiger partial charge in [0.15, 0.2) is 16.2 Å². The molecule has 0 unspecified atom stereocenters. The van der Waals surface area contributed by atoms with E-state index in [9.17, 15) is 26.9 Å². The SMILES string of the molecule is CN1CCN(C2CCC(n3nc(-c4ccc(NS(=O)(=O)c5c(Cl)cccc5Cl)c(F)c4)c4c(N)ncnc43)CC2)CC1.CN1CCN(C2CCC(n3nc(-c4ccc(NS(=O)(=O)c5ccccc5[N+](=O)[O-])c(F)c4)c4c(N)ncnc43)CC2)CC1. The lowest BCUT2D eigenvalue weighted by Crippen LogP contribution is -2.49. The number of para-hydroxylation sites is 1. The molecule has 4 aromatic carbocycles. The van der Waals surface area contributed by atoms with Crippen molar-refractivity contribution in [3.63, 3.8) is 0 Å². The van der Waals surface area contributed by atoms with Crippen LogP contribution in [-0.2, 0) is 20.0 Å². The summed E-state index contributed by atoms with van der Waals surface area (Å²) >= 11 is 12.2. The Kier molecular flexibility index (Phi) is 17.2. The number of piperazine rings is 2. The first-order chi connectivity index (χ1) is 40.7. The van der Waals surface area contributed by atoms with Gasteiger partial charge in [-0.25, -0.2) is 54.9 Å². The first kappa shape index (κ1) is 59.5. The summed E-state index contributed by atoms with van der Waals surface area (Å²) in [6.07, 6.45) is 10.7. The van der Waals surface area contributed by atoms with Crippen LogP contribution >= 0.6 is 23.2 Å². The van der Waals surface area contributed by atoms with Gasteiger partial charge in [-0.3, -0.25) is 29.4 Å². The average Bonchev–Trinajstić information content (AvgIpc) is 1.95. The van der Waals surface area contributed by atoms with E-state index in [1.807, 2.05) is 9.36 Å². The second kappa shape index (κ2) is 24.6. The number of fused-ring (bicyclic) bond motifs is 2. The zero-order chi connectivity index (χ0) is 59.9. The quantitative estimate of drug-likeness (QED) is 0.0620. The molecule has 2 aliphatic carbocycles. The Morgan fingerprint density at radius 2 is 0.976 bits per heavy atom. The van der Waals surface area contributed by atoms with Crippen molar-refractivity contribution in [2.45, 2.75) is 85.3 Å². The molecule has 0 radical (unpaired) electrons. The fourth-order valence-corrected chi connectivity index (χ4v) is 15.5. The molecule has 4 aliphatic rings. The number of rotatable bonds is 13. The highest BCUT2D eigenvalue weighted by atomic mass is 35.5. The molecule has 0 atom stereocenters. The number of sulfonamides is 2. The number of nitrogens with two attached hydrogens (primary N) is 2. The van der Waals surface area contributed by atoms with Gasteiger partial charge in [0, 0.05) is 81.6 Å². The van der Waals surface area contributed by atoms with Crippen molar-refractivity contribution < 1.29 is 30.5 Å². The van der Waals surface area contributed by atoms with Crippen LogP contribution in [0.5, 0.6) is 0 Å². The number of hydrogen-bond donors (Lipinski definition) is 4. The summed E-state index contributed by atoms with van der Waals surface area (Å²) in [5.41, 5.74) is 14.1. The van der Waals surface area contributed by atoms with E-state index in [0.717, 1.165) is 122 Å². The van der Waals surface area contributed by atoms with Gasteiger partial charge >= 0.3 is 0 Å². The van der Waals surface area contributed by atoms with Gasteiger partial charge < -0.3 is 21.3 Å². The summed E-state index contributed by atoms with van der Waals surface area (Å²) in [6, 6.07) is 18.5. The Bertz CT molecular complexity index is 4020. The minimum Gasteiger partial charge on any atom is -0.383 e. The average molecular weight is 1240 g/mol. The standard InChI is InChI=1S/C28H31Cl2FN8O2S.C28H32FN9O4S/c1-37-11-13-38(14-12-37)18-6-8-19(9-7-18)39-28-24(27(32)33-16-34-28)25(35-39)17-5-10-23(22(31)15-17)36-42(40,41)26-20(29)3-2-4-21(26)30;1-35-12-14-36(15-13-35)19-7-9-20(10-8-19)37-28-25(27(30)31-17-32-28)26(33-37)18-6-11-22(21(29)16-18)34-43(41,42)24-5-3-2-4-23(24)38(39)40/h2-5,10,15-16,18-19,36H,6-9,11-14H2,1H3,(H2,32,33,34);2-6,11,16-17,19-20,34H,7-10,12-15H2,1H3,(H2,30,31,32). The number of nitrogens with one attached hydrogen (secondary N) is 2. The molecule has 85 heavy (non-hydrogen) atoms. The first-order valence-electron chi connectivity index (χ1n) is 27.9. The van der Waals surface area contributed by atoms with Crippen molar-refractivity contribution >= 4 is 94.0 Å².